The number of rotatable bonds is 6. The van der Waals surface area contributed by atoms with Gasteiger partial charge in [-0.15, -0.1) is 0 Å². The van der Waals surface area contributed by atoms with Crippen LogP contribution in [0.4, 0.5) is 0 Å². The van der Waals surface area contributed by atoms with Crippen molar-refractivity contribution in [3.05, 3.63) is 29.3 Å². The Morgan fingerprint density at radius 2 is 1.90 bits per heavy atom. The first-order valence-electron chi connectivity index (χ1n) is 6.03. The minimum Gasteiger partial charge on any atom is -0.389 e. The molecule has 21 heavy (non-hydrogen) atoms. The molecule has 0 heterocycles. The van der Waals surface area contributed by atoms with E-state index in [0.29, 0.717) is 11.1 Å². The number of hydrogen-bond acceptors (Lipinski definition) is 5. The van der Waals surface area contributed by atoms with Crippen LogP contribution < -0.4 is 10.5 Å². The predicted octanol–water partition coefficient (Wildman–Crippen LogP) is 0.341. The molecule has 118 valence electrons. The highest BCUT2D eigenvalue weighted by Gasteiger charge is 2.20. The maximum atomic E-state index is 12.2. The van der Waals surface area contributed by atoms with Crippen molar-refractivity contribution >= 4 is 37.1 Å². The lowest BCUT2D eigenvalue weighted by Gasteiger charge is -2.14. The molecule has 0 radical (unpaired) electrons. The van der Waals surface area contributed by atoms with Crippen molar-refractivity contribution in [1.29, 1.82) is 0 Å². The van der Waals surface area contributed by atoms with Crippen LogP contribution in [0.3, 0.4) is 0 Å². The topological polar surface area (TPSA) is 106 Å². The maximum absolute atomic E-state index is 12.2. The van der Waals surface area contributed by atoms with Crippen molar-refractivity contribution in [2.24, 2.45) is 5.73 Å². The largest absolute Gasteiger partial charge is 0.389 e. The molecule has 6 nitrogen and oxygen atoms in total. The summed E-state index contributed by atoms with van der Waals surface area (Å²) in [6.07, 6.45) is 1.05. The first-order valence-corrected chi connectivity index (χ1v) is 9.98. The van der Waals surface area contributed by atoms with Gasteiger partial charge in [-0.25, -0.2) is 21.6 Å². The van der Waals surface area contributed by atoms with E-state index in [1.807, 2.05) is 0 Å². The summed E-state index contributed by atoms with van der Waals surface area (Å²) < 4.78 is 49.1. The molecule has 9 heteroatoms. The second-order valence-electron chi connectivity index (χ2n) is 4.96. The summed E-state index contributed by atoms with van der Waals surface area (Å²) in [6.45, 7) is 3.20. The molecular formula is C12H18N2O4S3. The van der Waals surface area contributed by atoms with E-state index in [1.165, 1.54) is 25.1 Å². The average Bonchev–Trinajstić information content (AvgIpc) is 2.24. The Balaban J connectivity index is 3.04. The van der Waals surface area contributed by atoms with Gasteiger partial charge in [0.2, 0.25) is 10.0 Å². The Bertz CT molecular complexity index is 755. The normalized spacial score (nSPS) is 13.9. The smallest absolute Gasteiger partial charge is 0.240 e. The van der Waals surface area contributed by atoms with Crippen LogP contribution in [0.15, 0.2) is 23.1 Å². The van der Waals surface area contributed by atoms with Gasteiger partial charge in [0.25, 0.3) is 0 Å². The fourth-order valence-electron chi connectivity index (χ4n) is 1.90. The second-order valence-corrected chi connectivity index (χ2v) is 9.29. The van der Waals surface area contributed by atoms with Crippen molar-refractivity contribution in [2.75, 3.05) is 12.0 Å². The molecule has 0 bridgehead atoms. The number of sulfone groups is 1. The minimum absolute atomic E-state index is 0.0420. The van der Waals surface area contributed by atoms with E-state index in [-0.39, 0.29) is 15.6 Å². The van der Waals surface area contributed by atoms with Crippen LogP contribution in [0.1, 0.15) is 18.1 Å². The van der Waals surface area contributed by atoms with Crippen LogP contribution in [0.25, 0.3) is 0 Å². The molecule has 1 atom stereocenters. The average molecular weight is 350 g/mol. The lowest BCUT2D eigenvalue weighted by molar-refractivity contribution is 0.564. The third-order valence-corrected chi connectivity index (χ3v) is 5.60. The maximum Gasteiger partial charge on any atom is 0.240 e. The molecule has 1 aromatic carbocycles. The van der Waals surface area contributed by atoms with Gasteiger partial charge in [0.05, 0.1) is 10.6 Å². The third-order valence-electron chi connectivity index (χ3n) is 2.68. The van der Waals surface area contributed by atoms with Crippen LogP contribution in [0, 0.1) is 6.92 Å². The molecule has 0 aliphatic heterocycles. The number of hydrogen-bond donors (Lipinski definition) is 2. The quantitative estimate of drug-likeness (QED) is 0.717. The molecule has 0 saturated heterocycles. The number of nitrogens with one attached hydrogen (secondary N) is 1. The van der Waals surface area contributed by atoms with Crippen molar-refractivity contribution in [2.45, 2.75) is 24.8 Å². The van der Waals surface area contributed by atoms with E-state index < -0.39 is 25.9 Å². The molecule has 1 aromatic rings. The standard InChI is InChI=1S/C12H18N2O4S3/c1-8-6-10(4-5-11(8)12(13)19)21(17,18)14-9(2)7-20(3,15)16/h4-6,9,14H,7H2,1-3H3,(H2,13,19). The lowest BCUT2D eigenvalue weighted by Crippen LogP contribution is -2.37. The highest BCUT2D eigenvalue weighted by Crippen LogP contribution is 2.16. The van der Waals surface area contributed by atoms with Gasteiger partial charge >= 0.3 is 0 Å². The van der Waals surface area contributed by atoms with Crippen molar-refractivity contribution < 1.29 is 16.8 Å². The van der Waals surface area contributed by atoms with Gasteiger partial charge in [0, 0.05) is 17.9 Å². The van der Waals surface area contributed by atoms with Gasteiger partial charge < -0.3 is 5.73 Å². The van der Waals surface area contributed by atoms with Gasteiger partial charge in [-0.1, -0.05) is 18.3 Å². The van der Waals surface area contributed by atoms with E-state index in [0.717, 1.165) is 6.26 Å². The van der Waals surface area contributed by atoms with E-state index in [1.54, 1.807) is 6.92 Å². The molecule has 0 aromatic heterocycles. The fraction of sp³-hybridized carbons (Fsp3) is 0.417. The van der Waals surface area contributed by atoms with Crippen LogP contribution in [0.2, 0.25) is 0 Å². The fourth-order valence-corrected chi connectivity index (χ4v) is 4.56. The summed E-state index contributed by atoms with van der Waals surface area (Å²) >= 11 is 4.86. The van der Waals surface area contributed by atoms with Crippen molar-refractivity contribution in [3.8, 4) is 0 Å². The van der Waals surface area contributed by atoms with Gasteiger partial charge in [0.1, 0.15) is 14.8 Å². The van der Waals surface area contributed by atoms with E-state index in [4.69, 9.17) is 18.0 Å². The molecule has 0 spiro atoms. The Kier molecular flexibility index (Phi) is 5.48. The molecule has 0 aliphatic rings. The molecular weight excluding hydrogens is 332 g/mol. The summed E-state index contributed by atoms with van der Waals surface area (Å²) in [4.78, 5) is 0.232. The molecule has 0 aliphatic carbocycles. The van der Waals surface area contributed by atoms with Crippen molar-refractivity contribution in [3.63, 3.8) is 0 Å². The molecule has 1 rings (SSSR count). The minimum atomic E-state index is -3.80. The monoisotopic (exact) mass is 350 g/mol. The Labute approximate surface area is 130 Å². The van der Waals surface area contributed by atoms with E-state index in [9.17, 15) is 16.8 Å². The first-order chi connectivity index (χ1) is 9.42. The molecule has 0 amide bonds. The SMILES string of the molecule is Cc1cc(S(=O)(=O)NC(C)CS(C)(=O)=O)ccc1C(N)=S. The first kappa shape index (κ1) is 18.0. The molecule has 1 unspecified atom stereocenters. The number of nitrogens with two attached hydrogens (primary N) is 1. The summed E-state index contributed by atoms with van der Waals surface area (Å²) in [5.74, 6) is -0.268. The molecule has 0 fully saturated rings. The number of thiocarbonyl (C=S) groups is 1. The van der Waals surface area contributed by atoms with Gasteiger partial charge in [-0.2, -0.15) is 0 Å². The van der Waals surface area contributed by atoms with Crippen LogP contribution in [0.5, 0.6) is 0 Å². The highest BCUT2D eigenvalue weighted by atomic mass is 32.2. The number of sulfonamides is 1. The Morgan fingerprint density at radius 3 is 2.33 bits per heavy atom. The van der Waals surface area contributed by atoms with Crippen LogP contribution in [-0.4, -0.2) is 39.9 Å². The Hall–Kier alpha value is -1.03. The Morgan fingerprint density at radius 1 is 1.33 bits per heavy atom. The van der Waals surface area contributed by atoms with Crippen LogP contribution >= 0.6 is 12.2 Å². The predicted molar refractivity (Wildman–Crippen MR) is 86.6 cm³/mol. The number of benzene rings is 1. The lowest BCUT2D eigenvalue weighted by atomic mass is 10.1. The highest BCUT2D eigenvalue weighted by molar-refractivity contribution is 7.91. The van der Waals surface area contributed by atoms with E-state index >= 15 is 0 Å². The molecule has 0 saturated carbocycles. The third kappa shape index (κ3) is 5.34. The van der Waals surface area contributed by atoms with E-state index in [2.05, 4.69) is 4.72 Å². The van der Waals surface area contributed by atoms with Gasteiger partial charge in [-0.3, -0.25) is 0 Å². The van der Waals surface area contributed by atoms with Crippen LogP contribution in [-0.2, 0) is 19.9 Å². The second kappa shape index (κ2) is 6.39. The number of aryl methyl sites for hydroxylation is 1. The van der Waals surface area contributed by atoms with Gasteiger partial charge in [0.15, 0.2) is 0 Å². The zero-order valence-electron chi connectivity index (χ0n) is 12.0. The van der Waals surface area contributed by atoms with Gasteiger partial charge in [-0.05, 0) is 31.5 Å². The summed E-state index contributed by atoms with van der Waals surface area (Å²) in [6, 6.07) is 3.65. The summed E-state index contributed by atoms with van der Waals surface area (Å²) in [5.41, 5.74) is 6.77. The zero-order chi connectivity index (χ0) is 16.4. The van der Waals surface area contributed by atoms with Crippen molar-refractivity contribution in [1.82, 2.24) is 4.72 Å². The summed E-state index contributed by atoms with van der Waals surface area (Å²) in [5, 5.41) is 0. The zero-order valence-corrected chi connectivity index (χ0v) is 14.4. The summed E-state index contributed by atoms with van der Waals surface area (Å²) in [7, 11) is -7.06. The molecule has 3 N–H and O–H groups in total.